The van der Waals surface area contributed by atoms with Gasteiger partial charge in [-0.1, -0.05) is 0 Å². The van der Waals surface area contributed by atoms with Crippen LogP contribution in [0.15, 0.2) is 35.4 Å². The van der Waals surface area contributed by atoms with Gasteiger partial charge in [0, 0.05) is 32.2 Å². The van der Waals surface area contributed by atoms with Gasteiger partial charge >= 0.3 is 0 Å². The Kier molecular flexibility index (Phi) is 4.86. The van der Waals surface area contributed by atoms with Crippen LogP contribution in [-0.4, -0.2) is 47.5 Å². The molecule has 1 aromatic carbocycles. The number of nitrogens with one attached hydrogen (secondary N) is 1. The monoisotopic (exact) mass is 352 g/mol. The number of benzene rings is 1. The first-order valence-electron chi connectivity index (χ1n) is 9.25. The molecule has 3 heterocycles. The molecule has 26 heavy (non-hydrogen) atoms. The van der Waals surface area contributed by atoms with E-state index in [1.165, 1.54) is 25.7 Å². The molecule has 2 N–H and O–H groups in total. The van der Waals surface area contributed by atoms with E-state index in [1.54, 1.807) is 18.3 Å². The summed E-state index contributed by atoms with van der Waals surface area (Å²) in [7, 11) is 0. The number of aromatic hydroxyl groups is 1. The van der Waals surface area contributed by atoms with Crippen molar-refractivity contribution in [2.45, 2.75) is 25.7 Å². The van der Waals surface area contributed by atoms with Crippen molar-refractivity contribution >= 4 is 23.8 Å². The van der Waals surface area contributed by atoms with Crippen LogP contribution in [0.1, 0.15) is 31.2 Å². The van der Waals surface area contributed by atoms with Crippen LogP contribution in [0.5, 0.6) is 5.75 Å². The van der Waals surface area contributed by atoms with E-state index in [0.29, 0.717) is 5.82 Å². The SMILES string of the molecule is Oc1ccc(/C=N/Nc2cc(N3CCCC3)nc(N3CCCC3)n2)cc1. The molecule has 0 amide bonds. The van der Waals surface area contributed by atoms with E-state index in [1.807, 2.05) is 18.2 Å². The van der Waals surface area contributed by atoms with Gasteiger partial charge < -0.3 is 14.9 Å². The van der Waals surface area contributed by atoms with Crippen LogP contribution in [0.2, 0.25) is 0 Å². The Balaban J connectivity index is 1.54. The van der Waals surface area contributed by atoms with Crippen LogP contribution in [0, 0.1) is 0 Å². The van der Waals surface area contributed by atoms with Gasteiger partial charge in [-0.25, -0.2) is 0 Å². The fraction of sp³-hybridized carbons (Fsp3) is 0.421. The highest BCUT2D eigenvalue weighted by atomic mass is 16.3. The third-order valence-electron chi connectivity index (χ3n) is 4.81. The van der Waals surface area contributed by atoms with Crippen LogP contribution in [0.4, 0.5) is 17.6 Å². The minimum Gasteiger partial charge on any atom is -0.508 e. The fourth-order valence-electron chi connectivity index (χ4n) is 3.38. The number of phenolic OH excluding ortho intramolecular Hbond substituents is 1. The average Bonchev–Trinajstić information content (AvgIpc) is 3.37. The number of aromatic nitrogens is 2. The molecule has 0 aliphatic carbocycles. The van der Waals surface area contributed by atoms with Crippen LogP contribution in [-0.2, 0) is 0 Å². The molecule has 2 aromatic rings. The lowest BCUT2D eigenvalue weighted by Gasteiger charge is -2.21. The Morgan fingerprint density at radius 3 is 2.27 bits per heavy atom. The predicted octanol–water partition coefficient (Wildman–Crippen LogP) is 2.83. The molecule has 2 aliphatic rings. The molecule has 136 valence electrons. The number of rotatable bonds is 5. The summed E-state index contributed by atoms with van der Waals surface area (Å²) in [5.41, 5.74) is 3.94. The second-order valence-corrected chi connectivity index (χ2v) is 6.76. The van der Waals surface area contributed by atoms with Crippen LogP contribution in [0.25, 0.3) is 0 Å². The Hall–Kier alpha value is -2.83. The highest BCUT2D eigenvalue weighted by Gasteiger charge is 2.20. The van der Waals surface area contributed by atoms with Crippen molar-refractivity contribution in [2.24, 2.45) is 5.10 Å². The second-order valence-electron chi connectivity index (χ2n) is 6.76. The molecule has 7 nitrogen and oxygen atoms in total. The van der Waals surface area contributed by atoms with Crippen LogP contribution >= 0.6 is 0 Å². The van der Waals surface area contributed by atoms with Gasteiger partial charge in [-0.15, -0.1) is 0 Å². The lowest BCUT2D eigenvalue weighted by atomic mass is 10.2. The Morgan fingerprint density at radius 1 is 0.923 bits per heavy atom. The minimum atomic E-state index is 0.247. The third-order valence-corrected chi connectivity index (χ3v) is 4.81. The van der Waals surface area contributed by atoms with E-state index >= 15 is 0 Å². The zero-order valence-corrected chi connectivity index (χ0v) is 14.8. The van der Waals surface area contributed by atoms with Gasteiger partial charge in [-0.05, 0) is 55.5 Å². The number of hydrogen-bond acceptors (Lipinski definition) is 7. The quantitative estimate of drug-likeness (QED) is 0.636. The summed E-state index contributed by atoms with van der Waals surface area (Å²) in [5, 5.41) is 13.6. The first-order chi connectivity index (χ1) is 12.8. The van der Waals surface area contributed by atoms with Gasteiger partial charge in [-0.2, -0.15) is 15.1 Å². The first-order valence-corrected chi connectivity index (χ1v) is 9.25. The van der Waals surface area contributed by atoms with Gasteiger partial charge in [-0.3, -0.25) is 5.43 Å². The average molecular weight is 352 g/mol. The van der Waals surface area contributed by atoms with E-state index in [9.17, 15) is 5.11 Å². The zero-order valence-electron chi connectivity index (χ0n) is 14.8. The van der Waals surface area contributed by atoms with Crippen LogP contribution in [0.3, 0.4) is 0 Å². The summed E-state index contributed by atoms with van der Waals surface area (Å²) in [6, 6.07) is 8.88. The largest absolute Gasteiger partial charge is 0.508 e. The van der Waals surface area contributed by atoms with Crippen molar-refractivity contribution in [1.29, 1.82) is 0 Å². The molecule has 0 saturated carbocycles. The Morgan fingerprint density at radius 2 is 1.58 bits per heavy atom. The molecule has 0 bridgehead atoms. The highest BCUT2D eigenvalue weighted by Crippen LogP contribution is 2.25. The highest BCUT2D eigenvalue weighted by molar-refractivity contribution is 5.80. The smallest absolute Gasteiger partial charge is 0.229 e. The molecular weight excluding hydrogens is 328 g/mol. The van der Waals surface area contributed by atoms with E-state index in [4.69, 9.17) is 4.98 Å². The van der Waals surface area contributed by atoms with Crippen molar-refractivity contribution < 1.29 is 5.11 Å². The van der Waals surface area contributed by atoms with Gasteiger partial charge in [0.05, 0.1) is 6.21 Å². The normalized spacial score (nSPS) is 17.4. The number of anilines is 3. The van der Waals surface area contributed by atoms with Crippen LogP contribution < -0.4 is 15.2 Å². The summed E-state index contributed by atoms with van der Waals surface area (Å²) in [6.07, 6.45) is 6.53. The number of hydrazone groups is 1. The summed E-state index contributed by atoms with van der Waals surface area (Å²) in [5.74, 6) is 2.71. The van der Waals surface area contributed by atoms with Gasteiger partial charge in [0.1, 0.15) is 11.6 Å². The van der Waals surface area contributed by atoms with Crippen molar-refractivity contribution in [3.05, 3.63) is 35.9 Å². The Labute approximate surface area is 153 Å². The van der Waals surface area contributed by atoms with E-state index < -0.39 is 0 Å². The van der Waals surface area contributed by atoms with Gasteiger partial charge in [0.2, 0.25) is 5.95 Å². The maximum Gasteiger partial charge on any atom is 0.229 e. The number of phenols is 1. The molecule has 1 aromatic heterocycles. The maximum atomic E-state index is 9.34. The fourth-order valence-corrected chi connectivity index (χ4v) is 3.38. The number of nitrogens with zero attached hydrogens (tertiary/aromatic N) is 5. The summed E-state index contributed by atoms with van der Waals surface area (Å²) >= 11 is 0. The first kappa shape index (κ1) is 16.6. The summed E-state index contributed by atoms with van der Waals surface area (Å²) < 4.78 is 0. The predicted molar refractivity (Wildman–Crippen MR) is 104 cm³/mol. The van der Waals surface area contributed by atoms with E-state index in [-0.39, 0.29) is 5.75 Å². The van der Waals surface area contributed by atoms with Crippen molar-refractivity contribution in [2.75, 3.05) is 41.4 Å². The lowest BCUT2D eigenvalue weighted by molar-refractivity contribution is 0.475. The molecule has 4 rings (SSSR count). The maximum absolute atomic E-state index is 9.34. The van der Waals surface area contributed by atoms with Gasteiger partial charge in [0.15, 0.2) is 5.82 Å². The molecule has 2 saturated heterocycles. The standard InChI is InChI=1S/C19H24N6O/c26-16-7-5-15(6-8-16)14-20-23-17-13-18(24-9-1-2-10-24)22-19(21-17)25-11-3-4-12-25/h5-8,13-14,26H,1-4,9-12H2,(H,21,22,23)/b20-14+. The molecule has 2 fully saturated rings. The molecule has 0 atom stereocenters. The molecule has 0 spiro atoms. The van der Waals surface area contributed by atoms with E-state index in [0.717, 1.165) is 43.5 Å². The lowest BCUT2D eigenvalue weighted by Crippen LogP contribution is -2.24. The molecule has 2 aliphatic heterocycles. The number of hydrogen-bond donors (Lipinski definition) is 2. The Bertz CT molecular complexity index is 730. The van der Waals surface area contributed by atoms with Crippen molar-refractivity contribution in [3.8, 4) is 5.75 Å². The van der Waals surface area contributed by atoms with Gasteiger partial charge in [0.25, 0.3) is 0 Å². The second kappa shape index (κ2) is 7.59. The van der Waals surface area contributed by atoms with Crippen molar-refractivity contribution in [3.63, 3.8) is 0 Å². The molecule has 0 radical (unpaired) electrons. The minimum absolute atomic E-state index is 0.247. The summed E-state index contributed by atoms with van der Waals surface area (Å²) in [4.78, 5) is 14.0. The topological polar surface area (TPSA) is 76.9 Å². The third kappa shape index (κ3) is 3.87. The van der Waals surface area contributed by atoms with E-state index in [2.05, 4.69) is 25.3 Å². The summed E-state index contributed by atoms with van der Waals surface area (Å²) in [6.45, 7) is 4.12. The molecule has 7 heteroatoms. The zero-order chi connectivity index (χ0) is 17.8. The molecule has 0 unspecified atom stereocenters. The van der Waals surface area contributed by atoms with Crippen molar-refractivity contribution in [1.82, 2.24) is 9.97 Å². The molecular formula is C19H24N6O.